The largest absolute Gasteiger partial charge is 1.00 e. The summed E-state index contributed by atoms with van der Waals surface area (Å²) in [6.45, 7) is 0. The number of nitrogens with zero attached hydrogens (tertiary/aromatic N) is 1. The van der Waals surface area contributed by atoms with E-state index in [1.807, 2.05) is 6.07 Å². The Morgan fingerprint density at radius 1 is 1.67 bits per heavy atom. The van der Waals surface area contributed by atoms with Crippen LogP contribution in [0.2, 0.25) is 0 Å². The summed E-state index contributed by atoms with van der Waals surface area (Å²) in [5, 5.41) is 0.943. The number of pyridine rings is 1. The molecule has 60 valence electrons. The molecule has 4 nitrogen and oxygen atoms in total. The summed E-state index contributed by atoms with van der Waals surface area (Å²) >= 11 is 0. The first-order chi connectivity index (χ1) is 5.77. The van der Waals surface area contributed by atoms with Gasteiger partial charge in [-0.1, -0.05) is 0 Å². The van der Waals surface area contributed by atoms with Crippen molar-refractivity contribution in [3.8, 4) is 0 Å². The van der Waals surface area contributed by atoms with Gasteiger partial charge in [0.05, 0.1) is 11.7 Å². The fraction of sp³-hybridized carbons (Fsp3) is 0. The summed E-state index contributed by atoms with van der Waals surface area (Å²) in [5.41, 5.74) is 6.33. The highest BCUT2D eigenvalue weighted by molar-refractivity contribution is 5.96. The van der Waals surface area contributed by atoms with Gasteiger partial charge in [-0.3, -0.25) is 9.78 Å². The van der Waals surface area contributed by atoms with Crippen molar-refractivity contribution in [1.82, 2.24) is 9.97 Å². The molecule has 1 amide bonds. The molecule has 12 heavy (non-hydrogen) atoms. The summed E-state index contributed by atoms with van der Waals surface area (Å²) in [7, 11) is 0. The van der Waals surface area contributed by atoms with Gasteiger partial charge in [0.1, 0.15) is 5.69 Å². The number of rotatable bonds is 1. The lowest BCUT2D eigenvalue weighted by Gasteiger charge is -1.84. The first kappa shape index (κ1) is 6.84. The average Bonchev–Trinajstić information content (AvgIpc) is 2.46. The number of carbonyl (C=O) groups is 1. The first-order valence-electron chi connectivity index (χ1n) is 3.50. The number of aromatic amines is 1. The zero-order chi connectivity index (χ0) is 8.55. The second-order valence-electron chi connectivity index (χ2n) is 2.51. The standard InChI is InChI=1S/C8H7N3O/c9-8(12)6-3-5-1-2-10-4-7(5)11-6/h1-4,11H,(H2,9,12)/p+1. The maximum absolute atomic E-state index is 10.7. The SMILES string of the molecule is NC(=O)c1cc2ccncc2[nH]1.[H+]. The highest BCUT2D eigenvalue weighted by atomic mass is 16.1. The molecule has 0 aliphatic heterocycles. The number of aromatic nitrogens is 2. The van der Waals surface area contributed by atoms with Crippen molar-refractivity contribution in [2.75, 3.05) is 0 Å². The molecule has 2 rings (SSSR count). The van der Waals surface area contributed by atoms with E-state index in [4.69, 9.17) is 5.73 Å². The highest BCUT2D eigenvalue weighted by Crippen LogP contribution is 2.12. The van der Waals surface area contributed by atoms with Crippen molar-refractivity contribution in [2.24, 2.45) is 5.73 Å². The molecular weight excluding hydrogens is 154 g/mol. The molecule has 0 aliphatic rings. The lowest BCUT2D eigenvalue weighted by atomic mass is 10.3. The van der Waals surface area contributed by atoms with Crippen LogP contribution in [-0.4, -0.2) is 15.9 Å². The van der Waals surface area contributed by atoms with Crippen molar-refractivity contribution in [2.45, 2.75) is 0 Å². The molecule has 0 unspecified atom stereocenters. The molecule has 0 fully saturated rings. The van der Waals surface area contributed by atoms with Crippen LogP contribution in [0.25, 0.3) is 10.9 Å². The van der Waals surface area contributed by atoms with Crippen LogP contribution in [-0.2, 0) is 0 Å². The van der Waals surface area contributed by atoms with Crippen LogP contribution in [0.4, 0.5) is 0 Å². The fourth-order valence-electron chi connectivity index (χ4n) is 1.10. The van der Waals surface area contributed by atoms with Crippen molar-refractivity contribution < 1.29 is 6.22 Å². The normalized spacial score (nSPS) is 10.3. The zero-order valence-corrected chi connectivity index (χ0v) is 6.24. The molecule has 0 radical (unpaired) electrons. The fourth-order valence-corrected chi connectivity index (χ4v) is 1.10. The predicted octanol–water partition coefficient (Wildman–Crippen LogP) is 0.774. The lowest BCUT2D eigenvalue weighted by Crippen LogP contribution is -2.10. The van der Waals surface area contributed by atoms with Crippen LogP contribution in [0.5, 0.6) is 0 Å². The van der Waals surface area contributed by atoms with E-state index in [0.717, 1.165) is 10.9 Å². The molecule has 2 aromatic rings. The van der Waals surface area contributed by atoms with Gasteiger partial charge >= 0.3 is 1.43 Å². The average molecular weight is 162 g/mol. The second-order valence-corrected chi connectivity index (χ2v) is 2.51. The minimum atomic E-state index is -0.453. The Hall–Kier alpha value is -1.84. The number of amides is 1. The molecule has 2 aromatic heterocycles. The molecule has 0 saturated heterocycles. The Labute approximate surface area is 69.9 Å². The molecule has 0 aliphatic carbocycles. The van der Waals surface area contributed by atoms with Crippen LogP contribution >= 0.6 is 0 Å². The van der Waals surface area contributed by atoms with Crippen molar-refractivity contribution in [3.63, 3.8) is 0 Å². The van der Waals surface area contributed by atoms with Crippen LogP contribution in [0.1, 0.15) is 11.9 Å². The Kier molecular flexibility index (Phi) is 1.33. The summed E-state index contributed by atoms with van der Waals surface area (Å²) in [6, 6.07) is 3.53. The van der Waals surface area contributed by atoms with E-state index in [1.165, 1.54) is 0 Å². The number of primary amides is 1. The predicted molar refractivity (Wildman–Crippen MR) is 45.7 cm³/mol. The molecule has 3 N–H and O–H groups in total. The Morgan fingerprint density at radius 2 is 2.50 bits per heavy atom. The second kappa shape index (κ2) is 2.34. The van der Waals surface area contributed by atoms with Gasteiger partial charge in [-0.2, -0.15) is 0 Å². The van der Waals surface area contributed by atoms with Crippen LogP contribution in [0, 0.1) is 0 Å². The number of hydrogen-bond acceptors (Lipinski definition) is 2. The van der Waals surface area contributed by atoms with E-state index < -0.39 is 5.91 Å². The van der Waals surface area contributed by atoms with Gasteiger partial charge in [-0.05, 0) is 12.1 Å². The van der Waals surface area contributed by atoms with Crippen molar-refractivity contribution in [1.29, 1.82) is 0 Å². The molecule has 0 atom stereocenters. The Bertz CT molecular complexity index is 405. The number of nitrogens with two attached hydrogens (primary N) is 1. The van der Waals surface area contributed by atoms with Crippen molar-refractivity contribution in [3.05, 3.63) is 30.2 Å². The van der Waals surface area contributed by atoms with Gasteiger partial charge in [0, 0.05) is 11.6 Å². The summed E-state index contributed by atoms with van der Waals surface area (Å²) < 4.78 is 0. The van der Waals surface area contributed by atoms with Crippen LogP contribution in [0.15, 0.2) is 24.5 Å². The molecule has 0 saturated carbocycles. The number of carbonyl (C=O) groups excluding carboxylic acids is 1. The van der Waals surface area contributed by atoms with Gasteiger partial charge in [0.15, 0.2) is 0 Å². The van der Waals surface area contributed by atoms with E-state index in [9.17, 15) is 4.79 Å². The van der Waals surface area contributed by atoms with Crippen LogP contribution < -0.4 is 5.73 Å². The molecular formula is C8H8N3O+. The summed E-state index contributed by atoms with van der Waals surface area (Å²) in [5.74, 6) is -0.453. The highest BCUT2D eigenvalue weighted by Gasteiger charge is 2.03. The number of H-pyrrole nitrogens is 1. The molecule has 0 aromatic carbocycles. The maximum Gasteiger partial charge on any atom is 1.00 e. The van der Waals surface area contributed by atoms with Gasteiger partial charge in [0.2, 0.25) is 0 Å². The van der Waals surface area contributed by atoms with Gasteiger partial charge in [-0.15, -0.1) is 0 Å². The topological polar surface area (TPSA) is 71.8 Å². The summed E-state index contributed by atoms with van der Waals surface area (Å²) in [4.78, 5) is 17.5. The van der Waals surface area contributed by atoms with Gasteiger partial charge in [0.25, 0.3) is 5.91 Å². The molecule has 4 heteroatoms. The minimum Gasteiger partial charge on any atom is -0.364 e. The van der Waals surface area contributed by atoms with E-state index in [2.05, 4.69) is 9.97 Å². The molecule has 0 bridgehead atoms. The third-order valence-corrected chi connectivity index (χ3v) is 1.69. The Balaban J connectivity index is 0.000000845. The van der Waals surface area contributed by atoms with E-state index in [1.54, 1.807) is 18.5 Å². The number of hydrogen-bond donors (Lipinski definition) is 2. The number of fused-ring (bicyclic) bond motifs is 1. The smallest absolute Gasteiger partial charge is 0.364 e. The summed E-state index contributed by atoms with van der Waals surface area (Å²) in [6.07, 6.45) is 3.32. The maximum atomic E-state index is 10.7. The third kappa shape index (κ3) is 0.934. The Morgan fingerprint density at radius 3 is 3.17 bits per heavy atom. The number of nitrogens with one attached hydrogen (secondary N) is 1. The minimum absolute atomic E-state index is 0. The van der Waals surface area contributed by atoms with E-state index in [0.29, 0.717) is 5.69 Å². The van der Waals surface area contributed by atoms with Crippen LogP contribution in [0.3, 0.4) is 0 Å². The lowest BCUT2D eigenvalue weighted by molar-refractivity contribution is 0.0996. The molecule has 2 heterocycles. The zero-order valence-electron chi connectivity index (χ0n) is 7.24. The van der Waals surface area contributed by atoms with Gasteiger partial charge in [-0.25, -0.2) is 0 Å². The quantitative estimate of drug-likeness (QED) is 0.650. The third-order valence-electron chi connectivity index (χ3n) is 1.69. The van der Waals surface area contributed by atoms with Crippen molar-refractivity contribution >= 4 is 16.8 Å². The van der Waals surface area contributed by atoms with E-state index >= 15 is 0 Å². The molecule has 0 spiro atoms. The van der Waals surface area contributed by atoms with Gasteiger partial charge < -0.3 is 10.7 Å². The van der Waals surface area contributed by atoms with E-state index in [-0.39, 0.29) is 1.43 Å². The monoisotopic (exact) mass is 162 g/mol. The first-order valence-corrected chi connectivity index (χ1v) is 3.50.